The van der Waals surface area contributed by atoms with E-state index < -0.39 is 15.9 Å². The summed E-state index contributed by atoms with van der Waals surface area (Å²) in [6.07, 6.45) is 0. The molecule has 3 rings (SSSR count). The van der Waals surface area contributed by atoms with Gasteiger partial charge in [0.25, 0.3) is 10.0 Å². The largest absolute Gasteiger partial charge is 0.495 e. The Balaban J connectivity index is 1.67. The third-order valence-electron chi connectivity index (χ3n) is 4.96. The first-order chi connectivity index (χ1) is 16.3. The van der Waals surface area contributed by atoms with Gasteiger partial charge in [-0.15, -0.1) is 0 Å². The number of methoxy groups -OCH3 is 1. The van der Waals surface area contributed by atoms with Crippen LogP contribution in [0.4, 0.5) is 5.69 Å². The third-order valence-corrected chi connectivity index (χ3v) is 8.08. The molecule has 6 nitrogen and oxygen atoms in total. The van der Waals surface area contributed by atoms with Crippen LogP contribution < -0.4 is 14.4 Å². The minimum absolute atomic E-state index is 0.0865. The fourth-order valence-electron chi connectivity index (χ4n) is 3.29. The van der Waals surface area contributed by atoms with Crippen LogP contribution in [0.2, 0.25) is 5.02 Å². The number of sulfonamides is 1. The Morgan fingerprint density at radius 2 is 1.82 bits per heavy atom. The zero-order valence-electron chi connectivity index (χ0n) is 19.0. The van der Waals surface area contributed by atoms with Crippen molar-refractivity contribution in [3.63, 3.8) is 0 Å². The van der Waals surface area contributed by atoms with Gasteiger partial charge >= 0.3 is 0 Å². The van der Waals surface area contributed by atoms with Crippen LogP contribution in [0.25, 0.3) is 0 Å². The Morgan fingerprint density at radius 1 is 1.06 bits per heavy atom. The van der Waals surface area contributed by atoms with Crippen LogP contribution in [0, 0.1) is 6.92 Å². The lowest BCUT2D eigenvalue weighted by Crippen LogP contribution is -2.41. The second kappa shape index (κ2) is 12.1. The van der Waals surface area contributed by atoms with Gasteiger partial charge in [-0.3, -0.25) is 9.10 Å². The van der Waals surface area contributed by atoms with Gasteiger partial charge in [-0.1, -0.05) is 59.6 Å². The van der Waals surface area contributed by atoms with Gasteiger partial charge in [0, 0.05) is 18.1 Å². The van der Waals surface area contributed by atoms with Gasteiger partial charge in [0.2, 0.25) is 5.91 Å². The minimum atomic E-state index is -3.99. The van der Waals surface area contributed by atoms with Crippen LogP contribution in [-0.4, -0.2) is 40.3 Å². The van der Waals surface area contributed by atoms with Crippen molar-refractivity contribution in [2.45, 2.75) is 17.6 Å². The van der Waals surface area contributed by atoms with E-state index in [1.165, 1.54) is 36.4 Å². The van der Waals surface area contributed by atoms with E-state index in [0.717, 1.165) is 10.1 Å². The van der Waals surface area contributed by atoms with Gasteiger partial charge in [0.15, 0.2) is 0 Å². The van der Waals surface area contributed by atoms with Crippen LogP contribution in [0.3, 0.4) is 0 Å². The molecule has 0 aliphatic rings. The molecule has 0 saturated heterocycles. The summed E-state index contributed by atoms with van der Waals surface area (Å²) in [7, 11) is -2.52. The van der Waals surface area contributed by atoms with Crippen molar-refractivity contribution in [2.75, 3.05) is 30.3 Å². The molecule has 3 aromatic rings. The van der Waals surface area contributed by atoms with Gasteiger partial charge in [-0.2, -0.15) is 11.8 Å². The molecule has 0 radical (unpaired) electrons. The van der Waals surface area contributed by atoms with Crippen molar-refractivity contribution < 1.29 is 17.9 Å². The third kappa shape index (κ3) is 6.91. The summed E-state index contributed by atoms with van der Waals surface area (Å²) in [5.41, 5.74) is 2.72. The summed E-state index contributed by atoms with van der Waals surface area (Å²) in [6.45, 7) is 2.11. The average molecular weight is 519 g/mol. The number of halogens is 1. The van der Waals surface area contributed by atoms with Gasteiger partial charge < -0.3 is 10.1 Å². The molecule has 34 heavy (non-hydrogen) atoms. The second-order valence-electron chi connectivity index (χ2n) is 7.54. The number of hydrogen-bond donors (Lipinski definition) is 1. The molecule has 0 atom stereocenters. The summed E-state index contributed by atoms with van der Waals surface area (Å²) in [6, 6.07) is 20.9. The molecule has 9 heteroatoms. The molecule has 1 N–H and O–H groups in total. The van der Waals surface area contributed by atoms with E-state index in [1.807, 2.05) is 6.07 Å². The first-order valence-electron chi connectivity index (χ1n) is 10.6. The lowest BCUT2D eigenvalue weighted by Gasteiger charge is -2.24. The van der Waals surface area contributed by atoms with E-state index in [-0.39, 0.29) is 22.2 Å². The predicted molar refractivity (Wildman–Crippen MR) is 139 cm³/mol. The van der Waals surface area contributed by atoms with Crippen molar-refractivity contribution in [1.29, 1.82) is 0 Å². The zero-order valence-corrected chi connectivity index (χ0v) is 21.4. The van der Waals surface area contributed by atoms with Gasteiger partial charge in [-0.05, 0) is 42.8 Å². The van der Waals surface area contributed by atoms with Gasteiger partial charge in [-0.25, -0.2) is 8.42 Å². The van der Waals surface area contributed by atoms with E-state index >= 15 is 0 Å². The SMILES string of the molecule is COc1ccc(N(CC(=O)NCCSCc2cccc(C)c2)S(=O)(=O)c2ccccc2)cc1Cl. The summed E-state index contributed by atoms with van der Waals surface area (Å²) in [5, 5.41) is 3.07. The van der Waals surface area contributed by atoms with E-state index in [2.05, 4.69) is 30.4 Å². The maximum absolute atomic E-state index is 13.4. The Hall–Kier alpha value is -2.68. The molecule has 0 spiro atoms. The monoisotopic (exact) mass is 518 g/mol. The maximum atomic E-state index is 13.4. The fourth-order valence-corrected chi connectivity index (χ4v) is 5.78. The lowest BCUT2D eigenvalue weighted by atomic mass is 10.2. The maximum Gasteiger partial charge on any atom is 0.264 e. The van der Waals surface area contributed by atoms with E-state index in [0.29, 0.717) is 18.0 Å². The number of rotatable bonds is 11. The van der Waals surface area contributed by atoms with Crippen molar-refractivity contribution in [1.82, 2.24) is 5.32 Å². The molecule has 1 amide bonds. The highest BCUT2D eigenvalue weighted by molar-refractivity contribution is 7.98. The summed E-state index contributed by atoms with van der Waals surface area (Å²) < 4.78 is 32.9. The quantitative estimate of drug-likeness (QED) is 0.365. The Labute approximate surface area is 210 Å². The molecule has 0 unspecified atom stereocenters. The van der Waals surface area contributed by atoms with Crippen LogP contribution in [0.15, 0.2) is 77.7 Å². The zero-order chi connectivity index (χ0) is 24.6. The fraction of sp³-hybridized carbons (Fsp3) is 0.240. The summed E-state index contributed by atoms with van der Waals surface area (Å²) >= 11 is 7.94. The average Bonchev–Trinajstić information content (AvgIpc) is 2.83. The number of nitrogens with one attached hydrogen (secondary N) is 1. The Bertz CT molecular complexity index is 1220. The predicted octanol–water partition coefficient (Wildman–Crippen LogP) is 4.90. The smallest absolute Gasteiger partial charge is 0.264 e. The van der Waals surface area contributed by atoms with Crippen molar-refractivity contribution in [2.24, 2.45) is 0 Å². The number of anilines is 1. The van der Waals surface area contributed by atoms with Crippen molar-refractivity contribution in [3.05, 3.63) is 88.9 Å². The first kappa shape index (κ1) is 25.9. The Morgan fingerprint density at radius 3 is 2.50 bits per heavy atom. The Kier molecular flexibility index (Phi) is 9.27. The molecule has 0 heterocycles. The van der Waals surface area contributed by atoms with Crippen LogP contribution in [0.5, 0.6) is 5.75 Å². The lowest BCUT2D eigenvalue weighted by molar-refractivity contribution is -0.119. The number of ether oxygens (including phenoxy) is 1. The highest BCUT2D eigenvalue weighted by Crippen LogP contribution is 2.31. The van der Waals surface area contributed by atoms with Crippen LogP contribution in [-0.2, 0) is 20.6 Å². The van der Waals surface area contributed by atoms with E-state index in [9.17, 15) is 13.2 Å². The summed E-state index contributed by atoms with van der Waals surface area (Å²) in [4.78, 5) is 12.8. The van der Waals surface area contributed by atoms with E-state index in [1.54, 1.807) is 42.1 Å². The second-order valence-corrected chi connectivity index (χ2v) is 10.9. The van der Waals surface area contributed by atoms with Crippen molar-refractivity contribution >= 4 is 45.0 Å². The molecule has 180 valence electrons. The molecule has 0 saturated carbocycles. The number of benzene rings is 3. The molecule has 3 aromatic carbocycles. The van der Waals surface area contributed by atoms with Crippen LogP contribution in [0.1, 0.15) is 11.1 Å². The minimum Gasteiger partial charge on any atom is -0.495 e. The highest BCUT2D eigenvalue weighted by atomic mass is 35.5. The number of carbonyl (C=O) groups is 1. The highest BCUT2D eigenvalue weighted by Gasteiger charge is 2.27. The number of carbonyl (C=O) groups excluding carboxylic acids is 1. The molecule has 0 aliphatic heterocycles. The molecule has 0 aliphatic carbocycles. The van der Waals surface area contributed by atoms with Gasteiger partial charge in [0.05, 0.1) is 22.7 Å². The summed E-state index contributed by atoms with van der Waals surface area (Å²) in [5.74, 6) is 1.57. The topological polar surface area (TPSA) is 75.7 Å². The molecule has 0 aromatic heterocycles. The number of thioether (sulfide) groups is 1. The van der Waals surface area contributed by atoms with E-state index in [4.69, 9.17) is 16.3 Å². The molecular formula is C25H27ClN2O4S2. The molecular weight excluding hydrogens is 492 g/mol. The number of hydrogen-bond acceptors (Lipinski definition) is 5. The normalized spacial score (nSPS) is 11.1. The standard InChI is InChI=1S/C25H27ClN2O4S2/c1-19-7-6-8-20(15-19)18-33-14-13-27-25(29)17-28(21-11-12-24(32-2)23(26)16-21)34(30,31)22-9-4-3-5-10-22/h3-12,15-16H,13-14,17-18H2,1-2H3,(H,27,29). The van der Waals surface area contributed by atoms with Crippen molar-refractivity contribution in [3.8, 4) is 5.75 Å². The molecule has 0 fully saturated rings. The number of nitrogens with zero attached hydrogens (tertiary/aromatic N) is 1. The molecule has 0 bridgehead atoms. The number of aryl methyl sites for hydroxylation is 1. The van der Waals surface area contributed by atoms with Gasteiger partial charge in [0.1, 0.15) is 12.3 Å². The first-order valence-corrected chi connectivity index (χ1v) is 13.6. The number of amides is 1. The van der Waals surface area contributed by atoms with Crippen LogP contribution >= 0.6 is 23.4 Å².